The smallest absolute Gasteiger partial charge is 0.149 e. The van der Waals surface area contributed by atoms with Crippen LogP contribution in [0, 0.1) is 18.3 Å². The van der Waals surface area contributed by atoms with E-state index in [-0.39, 0.29) is 6.04 Å². The normalized spacial score (nSPS) is 18.2. The molecular weight excluding hydrogens is 438 g/mol. The molecule has 1 saturated carbocycles. The summed E-state index contributed by atoms with van der Waals surface area (Å²) in [6.07, 6.45) is 20.5. The molecule has 0 spiro atoms. The minimum Gasteiger partial charge on any atom is -0.304 e. The van der Waals surface area contributed by atoms with Gasteiger partial charge in [-0.05, 0) is 25.8 Å². The van der Waals surface area contributed by atoms with Crippen LogP contribution < -0.4 is 0 Å². The molecule has 9 heteroatoms. The molecule has 180 valence electrons. The Kier molecular flexibility index (Phi) is 5.84. The predicted molar refractivity (Wildman–Crippen MR) is 135 cm³/mol. The summed E-state index contributed by atoms with van der Waals surface area (Å²) in [5.74, 6) is 4.27. The van der Waals surface area contributed by atoms with Crippen LogP contribution >= 0.6 is 0 Å². The monoisotopic (exact) mass is 469 g/mol. The van der Waals surface area contributed by atoms with Gasteiger partial charge in [0, 0.05) is 75.6 Å². The first-order valence-corrected chi connectivity index (χ1v) is 12.4. The number of piperazine rings is 1. The third kappa shape index (κ3) is 4.59. The molecule has 0 aromatic carbocycles. The van der Waals surface area contributed by atoms with Crippen molar-refractivity contribution >= 4 is 5.65 Å². The SMILES string of the molecule is C#CCC(C1CC1)n1cc(-c2nc(-c3cnn(CCN4CCN(C)CC4)c3)cc3nccn23)cn1. The molecule has 0 radical (unpaired) electrons. The highest BCUT2D eigenvalue weighted by atomic mass is 15.3. The number of imidazole rings is 1. The van der Waals surface area contributed by atoms with Gasteiger partial charge in [0.15, 0.2) is 0 Å². The standard InChI is InChI=1S/C26H31N9/c1-3-4-24(20-5-6-20)35-19-22(17-29-35)26-30-23(15-25-27-7-8-34(25)26)21-16-28-33(18-21)14-13-32-11-9-31(2)10-12-32/h1,7-8,15-20,24H,4-6,9-14H2,2H3. The fraction of sp³-hybridized carbons (Fsp3) is 0.462. The first-order chi connectivity index (χ1) is 17.2. The van der Waals surface area contributed by atoms with Crippen LogP contribution in [0.2, 0.25) is 0 Å². The number of hydrogen-bond acceptors (Lipinski definition) is 6. The second-order valence-corrected chi connectivity index (χ2v) is 9.78. The molecular formula is C26H31N9. The second-order valence-electron chi connectivity index (χ2n) is 9.78. The van der Waals surface area contributed by atoms with Gasteiger partial charge in [0.25, 0.3) is 0 Å². The lowest BCUT2D eigenvalue weighted by molar-refractivity contribution is 0.149. The van der Waals surface area contributed by atoms with E-state index in [9.17, 15) is 0 Å². The maximum absolute atomic E-state index is 5.64. The summed E-state index contributed by atoms with van der Waals surface area (Å²) in [6, 6.07) is 2.27. The Morgan fingerprint density at radius 2 is 1.89 bits per heavy atom. The molecule has 2 aliphatic rings. The van der Waals surface area contributed by atoms with Gasteiger partial charge in [0.2, 0.25) is 0 Å². The van der Waals surface area contributed by atoms with Crippen molar-refractivity contribution in [3.8, 4) is 35.0 Å². The number of terminal acetylenes is 1. The lowest BCUT2D eigenvalue weighted by atomic mass is 10.1. The molecule has 1 saturated heterocycles. The maximum Gasteiger partial charge on any atom is 0.149 e. The van der Waals surface area contributed by atoms with E-state index >= 15 is 0 Å². The first kappa shape index (κ1) is 22.0. The molecule has 4 aromatic heterocycles. The minimum atomic E-state index is 0.258. The lowest BCUT2D eigenvalue weighted by Crippen LogP contribution is -2.45. The van der Waals surface area contributed by atoms with Crippen molar-refractivity contribution in [3.05, 3.63) is 43.2 Å². The Balaban J connectivity index is 1.25. The van der Waals surface area contributed by atoms with E-state index in [0.29, 0.717) is 12.3 Å². The predicted octanol–water partition coefficient (Wildman–Crippen LogP) is 2.68. The Morgan fingerprint density at radius 3 is 2.69 bits per heavy atom. The minimum absolute atomic E-state index is 0.258. The summed E-state index contributed by atoms with van der Waals surface area (Å²) >= 11 is 0. The van der Waals surface area contributed by atoms with Crippen LogP contribution in [0.4, 0.5) is 0 Å². The number of nitrogens with zero attached hydrogens (tertiary/aromatic N) is 9. The molecule has 6 rings (SSSR count). The third-order valence-electron chi connectivity index (χ3n) is 7.25. The van der Waals surface area contributed by atoms with Crippen molar-refractivity contribution in [1.82, 2.24) is 43.7 Å². The van der Waals surface area contributed by atoms with E-state index in [1.165, 1.54) is 12.8 Å². The van der Waals surface area contributed by atoms with Crippen LogP contribution in [-0.4, -0.2) is 83.5 Å². The highest BCUT2D eigenvalue weighted by Gasteiger charge is 2.32. The number of aromatic nitrogens is 7. The van der Waals surface area contributed by atoms with Gasteiger partial charge >= 0.3 is 0 Å². The maximum atomic E-state index is 5.64. The first-order valence-electron chi connectivity index (χ1n) is 12.4. The summed E-state index contributed by atoms with van der Waals surface area (Å²) < 4.78 is 6.05. The van der Waals surface area contributed by atoms with Crippen molar-refractivity contribution in [2.75, 3.05) is 39.8 Å². The van der Waals surface area contributed by atoms with E-state index in [2.05, 4.69) is 50.3 Å². The van der Waals surface area contributed by atoms with Crippen LogP contribution in [0.1, 0.15) is 25.3 Å². The van der Waals surface area contributed by atoms with E-state index < -0.39 is 0 Å². The zero-order valence-electron chi connectivity index (χ0n) is 20.2. The summed E-state index contributed by atoms with van der Waals surface area (Å²) in [6.45, 7) is 6.36. The quantitative estimate of drug-likeness (QED) is 0.370. The van der Waals surface area contributed by atoms with Crippen molar-refractivity contribution in [1.29, 1.82) is 0 Å². The van der Waals surface area contributed by atoms with Gasteiger partial charge in [0.05, 0.1) is 36.2 Å². The van der Waals surface area contributed by atoms with Crippen LogP contribution in [0.3, 0.4) is 0 Å². The number of fused-ring (bicyclic) bond motifs is 1. The molecule has 2 fully saturated rings. The molecule has 0 bridgehead atoms. The highest BCUT2D eigenvalue weighted by Crippen LogP contribution is 2.41. The number of likely N-dealkylation sites (N-methyl/N-ethyl adjacent to an activating group) is 1. The average molecular weight is 470 g/mol. The summed E-state index contributed by atoms with van der Waals surface area (Å²) in [5, 5.41) is 9.28. The average Bonchev–Trinajstić information content (AvgIpc) is 3.26. The van der Waals surface area contributed by atoms with Gasteiger partial charge in [-0.15, -0.1) is 12.3 Å². The van der Waals surface area contributed by atoms with E-state index in [1.54, 1.807) is 6.20 Å². The van der Waals surface area contributed by atoms with E-state index in [4.69, 9.17) is 11.4 Å². The molecule has 1 aliphatic heterocycles. The van der Waals surface area contributed by atoms with Crippen molar-refractivity contribution in [2.24, 2.45) is 5.92 Å². The lowest BCUT2D eigenvalue weighted by Gasteiger charge is -2.32. The third-order valence-corrected chi connectivity index (χ3v) is 7.25. The van der Waals surface area contributed by atoms with Crippen molar-refractivity contribution < 1.29 is 0 Å². The van der Waals surface area contributed by atoms with Crippen LogP contribution in [-0.2, 0) is 6.54 Å². The van der Waals surface area contributed by atoms with Gasteiger partial charge in [-0.3, -0.25) is 18.7 Å². The van der Waals surface area contributed by atoms with Crippen LogP contribution in [0.25, 0.3) is 28.3 Å². The van der Waals surface area contributed by atoms with E-state index in [0.717, 1.165) is 67.6 Å². The largest absolute Gasteiger partial charge is 0.304 e. The van der Waals surface area contributed by atoms with E-state index in [1.807, 2.05) is 38.4 Å². The topological polar surface area (TPSA) is 72.3 Å². The van der Waals surface area contributed by atoms with Crippen molar-refractivity contribution in [2.45, 2.75) is 31.8 Å². The molecule has 1 atom stereocenters. The number of hydrogen-bond donors (Lipinski definition) is 0. The number of rotatable bonds is 8. The fourth-order valence-electron chi connectivity index (χ4n) is 4.92. The molecule has 1 unspecified atom stereocenters. The molecule has 0 amide bonds. The summed E-state index contributed by atoms with van der Waals surface area (Å²) in [7, 11) is 2.18. The van der Waals surface area contributed by atoms with Gasteiger partial charge in [-0.25, -0.2) is 9.97 Å². The Bertz CT molecular complexity index is 1340. The molecule has 1 aliphatic carbocycles. The Morgan fingerprint density at radius 1 is 1.06 bits per heavy atom. The molecule has 35 heavy (non-hydrogen) atoms. The molecule has 9 nitrogen and oxygen atoms in total. The van der Waals surface area contributed by atoms with Gasteiger partial charge < -0.3 is 4.90 Å². The fourth-order valence-corrected chi connectivity index (χ4v) is 4.92. The Labute approximate surface area is 205 Å². The van der Waals surface area contributed by atoms with Gasteiger partial charge in [0.1, 0.15) is 11.5 Å². The van der Waals surface area contributed by atoms with Crippen LogP contribution in [0.15, 0.2) is 43.2 Å². The molecule has 5 heterocycles. The van der Waals surface area contributed by atoms with Gasteiger partial charge in [-0.2, -0.15) is 10.2 Å². The summed E-state index contributed by atoms with van der Waals surface area (Å²) in [4.78, 5) is 14.4. The molecule has 4 aromatic rings. The Hall–Kier alpha value is -3.48. The van der Waals surface area contributed by atoms with Gasteiger partial charge in [-0.1, -0.05) is 0 Å². The van der Waals surface area contributed by atoms with Crippen LogP contribution in [0.5, 0.6) is 0 Å². The van der Waals surface area contributed by atoms with Crippen molar-refractivity contribution in [3.63, 3.8) is 0 Å². The molecule has 0 N–H and O–H groups in total. The summed E-state index contributed by atoms with van der Waals surface area (Å²) in [5.41, 5.74) is 3.66. The zero-order valence-corrected chi connectivity index (χ0v) is 20.2. The second kappa shape index (κ2) is 9.29. The highest BCUT2D eigenvalue weighted by molar-refractivity contribution is 5.68. The zero-order chi connectivity index (χ0) is 23.8.